The van der Waals surface area contributed by atoms with Crippen molar-refractivity contribution < 1.29 is 9.90 Å². The zero-order chi connectivity index (χ0) is 10.8. The van der Waals surface area contributed by atoms with Crippen molar-refractivity contribution in [1.82, 2.24) is 0 Å². The molecule has 4 saturated carbocycles. The molecule has 4 bridgehead atoms. The van der Waals surface area contributed by atoms with Crippen LogP contribution >= 0.6 is 15.9 Å². The fourth-order valence-corrected chi connectivity index (χ4v) is 3.98. The van der Waals surface area contributed by atoms with E-state index in [0.29, 0.717) is 0 Å². The molecule has 0 atom stereocenters. The monoisotopic (exact) mass is 274 g/mol. The highest BCUT2D eigenvalue weighted by molar-refractivity contribution is 9.09. The molecule has 0 aromatic carbocycles. The lowest BCUT2D eigenvalue weighted by Gasteiger charge is -2.49. The minimum atomic E-state index is -0.829. The Bertz CT molecular complexity index is 183. The highest BCUT2D eigenvalue weighted by atomic mass is 79.9. The summed E-state index contributed by atoms with van der Waals surface area (Å²) in [7, 11) is 0. The van der Waals surface area contributed by atoms with E-state index in [1.54, 1.807) is 38.5 Å². The highest BCUT2D eigenvalue weighted by Gasteiger charge is 2.41. The van der Waals surface area contributed by atoms with Crippen molar-refractivity contribution in [3.05, 3.63) is 0 Å². The molecule has 4 rings (SSSR count). The van der Waals surface area contributed by atoms with E-state index in [9.17, 15) is 4.79 Å². The van der Waals surface area contributed by atoms with Crippen molar-refractivity contribution in [1.29, 1.82) is 0 Å². The summed E-state index contributed by atoms with van der Waals surface area (Å²) < 4.78 is 0. The maximum Gasteiger partial charge on any atom is 0.314 e. The first kappa shape index (κ1) is 11.4. The predicted molar refractivity (Wildman–Crippen MR) is 63.1 cm³/mol. The van der Waals surface area contributed by atoms with Crippen molar-refractivity contribution in [2.24, 2.45) is 23.7 Å². The molecule has 0 aromatic heterocycles. The third kappa shape index (κ3) is 2.96. The number of hydrogen-bond donors (Lipinski definition) is 1. The predicted octanol–water partition coefficient (Wildman–Crippen LogP) is 3.30. The highest BCUT2D eigenvalue weighted by Crippen LogP contribution is 2.53. The second-order valence-corrected chi connectivity index (χ2v) is 5.97. The van der Waals surface area contributed by atoms with Crippen LogP contribution in [0, 0.1) is 23.7 Å². The van der Waals surface area contributed by atoms with Crippen LogP contribution < -0.4 is 0 Å². The van der Waals surface area contributed by atoms with Crippen LogP contribution in [0.2, 0.25) is 0 Å². The minimum Gasteiger partial charge on any atom is -0.481 e. The molecule has 0 aliphatic heterocycles. The third-order valence-corrected chi connectivity index (χ3v) is 4.59. The molecule has 0 spiro atoms. The van der Waals surface area contributed by atoms with Crippen LogP contribution in [-0.4, -0.2) is 16.4 Å². The van der Waals surface area contributed by atoms with E-state index >= 15 is 0 Å². The second-order valence-electron chi connectivity index (χ2n) is 5.41. The molecule has 3 heteroatoms. The Hall–Kier alpha value is -0.0500. The fourth-order valence-electron chi connectivity index (χ4n) is 3.98. The molecular formula is C12H19BrO2. The maximum atomic E-state index is 9.32. The van der Waals surface area contributed by atoms with E-state index < -0.39 is 5.97 Å². The molecule has 0 unspecified atom stereocenters. The number of halogens is 1. The van der Waals surface area contributed by atoms with Gasteiger partial charge in [0, 0.05) is 0 Å². The average molecular weight is 275 g/mol. The molecular weight excluding hydrogens is 256 g/mol. The Morgan fingerprint density at radius 3 is 1.27 bits per heavy atom. The molecule has 1 N–H and O–H groups in total. The summed E-state index contributed by atoms with van der Waals surface area (Å²) in [6.07, 6.45) is 9.62. The van der Waals surface area contributed by atoms with E-state index in [1.807, 2.05) is 0 Å². The fraction of sp³-hybridized carbons (Fsp3) is 0.917. The van der Waals surface area contributed by atoms with E-state index in [1.165, 1.54) is 23.7 Å². The summed E-state index contributed by atoms with van der Waals surface area (Å²) in [5, 5.41) is 7.71. The molecule has 4 aliphatic rings. The quantitative estimate of drug-likeness (QED) is 0.745. The van der Waals surface area contributed by atoms with Gasteiger partial charge in [0.2, 0.25) is 0 Å². The summed E-state index contributed by atoms with van der Waals surface area (Å²) in [5.74, 6) is 3.88. The van der Waals surface area contributed by atoms with Gasteiger partial charge in [-0.25, -0.2) is 0 Å². The number of carboxylic acids is 1. The van der Waals surface area contributed by atoms with Gasteiger partial charge in [-0.2, -0.15) is 0 Å². The van der Waals surface area contributed by atoms with Crippen molar-refractivity contribution in [2.75, 3.05) is 5.33 Å². The number of alkyl halides is 1. The minimum absolute atomic E-state index is 0.0347. The Balaban J connectivity index is 0.000000149. The van der Waals surface area contributed by atoms with Crippen molar-refractivity contribution in [2.45, 2.75) is 38.5 Å². The van der Waals surface area contributed by atoms with Gasteiger partial charge in [0.15, 0.2) is 0 Å². The van der Waals surface area contributed by atoms with Gasteiger partial charge in [-0.05, 0) is 62.2 Å². The average Bonchev–Trinajstić information content (AvgIpc) is 2.16. The van der Waals surface area contributed by atoms with Crippen molar-refractivity contribution in [3.63, 3.8) is 0 Å². The maximum absolute atomic E-state index is 9.32. The van der Waals surface area contributed by atoms with E-state index in [0.717, 1.165) is 0 Å². The van der Waals surface area contributed by atoms with Crippen LogP contribution in [0.4, 0.5) is 0 Å². The first-order valence-electron chi connectivity index (χ1n) is 5.95. The van der Waals surface area contributed by atoms with Gasteiger partial charge < -0.3 is 5.11 Å². The van der Waals surface area contributed by atoms with E-state index in [2.05, 4.69) is 15.9 Å². The standard InChI is InChI=1S/C10H16.C2H3BrO2/c1-7-2-9-4-8(1)5-10(3-7)6-9;3-1-2(4)5/h7-10H,1-6H2;1H2,(H,4,5). The van der Waals surface area contributed by atoms with Gasteiger partial charge in [-0.1, -0.05) is 15.9 Å². The zero-order valence-corrected chi connectivity index (χ0v) is 10.6. The van der Waals surface area contributed by atoms with Crippen LogP contribution in [0.25, 0.3) is 0 Å². The van der Waals surface area contributed by atoms with E-state index in [4.69, 9.17) is 5.11 Å². The summed E-state index contributed by atoms with van der Waals surface area (Å²) in [4.78, 5) is 9.32. The largest absolute Gasteiger partial charge is 0.481 e. The van der Waals surface area contributed by atoms with Crippen molar-refractivity contribution >= 4 is 21.9 Å². The molecule has 15 heavy (non-hydrogen) atoms. The molecule has 0 radical (unpaired) electrons. The Morgan fingerprint density at radius 1 is 0.933 bits per heavy atom. The summed E-state index contributed by atoms with van der Waals surface area (Å²) >= 11 is 2.71. The smallest absolute Gasteiger partial charge is 0.314 e. The van der Waals surface area contributed by atoms with Crippen molar-refractivity contribution in [3.8, 4) is 0 Å². The molecule has 4 fully saturated rings. The molecule has 0 amide bonds. The van der Waals surface area contributed by atoms with Gasteiger partial charge in [0.05, 0.1) is 0 Å². The van der Waals surface area contributed by atoms with Crippen LogP contribution in [0.3, 0.4) is 0 Å². The molecule has 0 saturated heterocycles. The molecule has 2 nitrogen and oxygen atoms in total. The molecule has 86 valence electrons. The Labute approximate surface area is 99.6 Å². The molecule has 0 aromatic rings. The lowest BCUT2D eigenvalue weighted by atomic mass is 9.56. The van der Waals surface area contributed by atoms with E-state index in [-0.39, 0.29) is 5.33 Å². The molecule has 4 aliphatic carbocycles. The van der Waals surface area contributed by atoms with Gasteiger partial charge in [0.1, 0.15) is 5.33 Å². The summed E-state index contributed by atoms with van der Waals surface area (Å²) in [6, 6.07) is 0. The topological polar surface area (TPSA) is 37.3 Å². The van der Waals surface area contributed by atoms with Crippen LogP contribution in [0.1, 0.15) is 38.5 Å². The SMILES string of the molecule is C1C2CC3CC1CC(C2)C3.O=C(O)CBr. The Kier molecular flexibility index (Phi) is 3.70. The molecule has 0 heterocycles. The number of aliphatic carboxylic acids is 1. The van der Waals surface area contributed by atoms with Gasteiger partial charge >= 0.3 is 5.97 Å². The van der Waals surface area contributed by atoms with Gasteiger partial charge in [0.25, 0.3) is 0 Å². The Morgan fingerprint density at radius 2 is 1.13 bits per heavy atom. The number of rotatable bonds is 1. The van der Waals surface area contributed by atoms with Gasteiger partial charge in [-0.15, -0.1) is 0 Å². The van der Waals surface area contributed by atoms with Crippen LogP contribution in [-0.2, 0) is 4.79 Å². The lowest BCUT2D eigenvalue weighted by Crippen LogP contribution is -2.38. The zero-order valence-electron chi connectivity index (χ0n) is 8.99. The number of hydrogen-bond acceptors (Lipinski definition) is 1. The normalized spacial score (nSPS) is 40.9. The first-order valence-corrected chi connectivity index (χ1v) is 7.07. The summed E-state index contributed by atoms with van der Waals surface area (Å²) in [5.41, 5.74) is 0. The lowest BCUT2D eigenvalue weighted by molar-refractivity contribution is -0.133. The van der Waals surface area contributed by atoms with Gasteiger partial charge in [-0.3, -0.25) is 4.79 Å². The number of carbonyl (C=O) groups is 1. The third-order valence-electron chi connectivity index (χ3n) is 4.11. The van der Waals surface area contributed by atoms with Crippen LogP contribution in [0.5, 0.6) is 0 Å². The first-order chi connectivity index (χ1) is 7.17. The number of carboxylic acid groups (broad SMARTS) is 1. The second kappa shape index (κ2) is 4.86. The summed E-state index contributed by atoms with van der Waals surface area (Å²) in [6.45, 7) is 0. The van der Waals surface area contributed by atoms with Crippen LogP contribution in [0.15, 0.2) is 0 Å².